The van der Waals surface area contributed by atoms with Crippen molar-refractivity contribution < 1.29 is 17.6 Å². The summed E-state index contributed by atoms with van der Waals surface area (Å²) in [5, 5.41) is 5.08. The van der Waals surface area contributed by atoms with E-state index in [2.05, 4.69) is 10.3 Å². The molecule has 0 spiro atoms. The fraction of sp³-hybridized carbons (Fsp3) is 0.333. The fourth-order valence-electron chi connectivity index (χ4n) is 3.50. The molecule has 0 bridgehead atoms. The van der Waals surface area contributed by atoms with Gasteiger partial charge in [0.2, 0.25) is 10.0 Å². The Morgan fingerprint density at radius 3 is 2.65 bits per heavy atom. The molecule has 1 aliphatic heterocycles. The molecule has 2 aromatic heterocycles. The van der Waals surface area contributed by atoms with E-state index in [1.165, 1.54) is 21.7 Å². The first-order chi connectivity index (χ1) is 14.9. The minimum absolute atomic E-state index is 0.171. The summed E-state index contributed by atoms with van der Waals surface area (Å²) in [5.74, 6) is 0.178. The van der Waals surface area contributed by atoms with Gasteiger partial charge in [0.1, 0.15) is 5.69 Å². The lowest BCUT2D eigenvalue weighted by atomic mass is 10.2. The summed E-state index contributed by atoms with van der Waals surface area (Å²) in [4.78, 5) is 19.2. The van der Waals surface area contributed by atoms with E-state index in [1.54, 1.807) is 35.9 Å². The summed E-state index contributed by atoms with van der Waals surface area (Å²) in [6, 6.07) is 8.36. The van der Waals surface area contributed by atoms with Crippen LogP contribution in [0.15, 0.2) is 51.3 Å². The Morgan fingerprint density at radius 1 is 1.19 bits per heavy atom. The second kappa shape index (κ2) is 8.81. The topological polar surface area (TPSA) is 95.8 Å². The van der Waals surface area contributed by atoms with Crippen LogP contribution in [0, 0.1) is 0 Å². The summed E-state index contributed by atoms with van der Waals surface area (Å²) in [7, 11) is 0.0546. The van der Waals surface area contributed by atoms with Crippen LogP contribution in [0.4, 0.5) is 11.4 Å². The number of nitrogens with zero attached hydrogens (tertiary/aromatic N) is 3. The molecule has 0 atom stereocenters. The number of carbonyl (C=O) groups excluding carboxylic acids is 1. The molecule has 1 fully saturated rings. The molecule has 0 aliphatic carbocycles. The van der Waals surface area contributed by atoms with Crippen LogP contribution in [0.25, 0.3) is 10.8 Å². The van der Waals surface area contributed by atoms with Crippen LogP contribution in [0.5, 0.6) is 0 Å². The minimum atomic E-state index is -3.62. The maximum atomic E-state index is 13.1. The van der Waals surface area contributed by atoms with Crippen molar-refractivity contribution in [3.8, 4) is 10.8 Å². The van der Waals surface area contributed by atoms with Gasteiger partial charge in [-0.3, -0.25) is 4.79 Å². The van der Waals surface area contributed by atoms with Gasteiger partial charge in [0.15, 0.2) is 10.8 Å². The van der Waals surface area contributed by atoms with Gasteiger partial charge in [-0.25, -0.2) is 13.4 Å². The van der Waals surface area contributed by atoms with Gasteiger partial charge in [-0.2, -0.15) is 4.31 Å². The van der Waals surface area contributed by atoms with E-state index in [-0.39, 0.29) is 10.6 Å². The van der Waals surface area contributed by atoms with Gasteiger partial charge in [-0.05, 0) is 43.2 Å². The summed E-state index contributed by atoms with van der Waals surface area (Å²) < 4.78 is 33.0. The van der Waals surface area contributed by atoms with E-state index >= 15 is 0 Å². The molecule has 3 aromatic rings. The largest absolute Gasteiger partial charge is 0.462 e. The maximum absolute atomic E-state index is 13.1. The molecule has 1 aliphatic rings. The van der Waals surface area contributed by atoms with E-state index in [9.17, 15) is 13.2 Å². The molecule has 1 N–H and O–H groups in total. The van der Waals surface area contributed by atoms with Crippen molar-refractivity contribution in [3.63, 3.8) is 0 Å². The van der Waals surface area contributed by atoms with E-state index in [0.29, 0.717) is 35.2 Å². The van der Waals surface area contributed by atoms with Gasteiger partial charge in [0.25, 0.3) is 5.91 Å². The molecule has 1 aromatic carbocycles. The number of carbonyl (C=O) groups is 1. The predicted octanol–water partition coefficient (Wildman–Crippen LogP) is 3.90. The van der Waals surface area contributed by atoms with Gasteiger partial charge in [-0.15, -0.1) is 11.3 Å². The molecular weight excluding hydrogens is 436 g/mol. The van der Waals surface area contributed by atoms with E-state index < -0.39 is 15.9 Å². The number of amides is 1. The second-order valence-electron chi connectivity index (χ2n) is 7.51. The Morgan fingerprint density at radius 2 is 1.97 bits per heavy atom. The molecule has 0 radical (unpaired) electrons. The number of hydrogen-bond donors (Lipinski definition) is 1. The SMILES string of the molecule is CN(C)c1ccc(S(=O)(=O)N2CCCCC2)cc1NC(=O)c1csc(-c2ccco2)n1. The number of aromatic nitrogens is 1. The molecule has 10 heteroatoms. The van der Waals surface area contributed by atoms with Crippen molar-refractivity contribution in [2.24, 2.45) is 0 Å². The minimum Gasteiger partial charge on any atom is -0.462 e. The van der Waals surface area contributed by atoms with Crippen LogP contribution in [0.1, 0.15) is 29.8 Å². The zero-order chi connectivity index (χ0) is 22.0. The van der Waals surface area contributed by atoms with E-state index in [0.717, 1.165) is 19.3 Å². The van der Waals surface area contributed by atoms with Crippen LogP contribution >= 0.6 is 11.3 Å². The molecule has 31 heavy (non-hydrogen) atoms. The number of benzene rings is 1. The van der Waals surface area contributed by atoms with Gasteiger partial charge in [-0.1, -0.05) is 6.42 Å². The fourth-order valence-corrected chi connectivity index (χ4v) is 5.81. The lowest BCUT2D eigenvalue weighted by molar-refractivity contribution is 0.102. The number of hydrogen-bond acceptors (Lipinski definition) is 7. The van der Waals surface area contributed by atoms with Crippen molar-refractivity contribution in [3.05, 3.63) is 47.7 Å². The average molecular weight is 461 g/mol. The highest BCUT2D eigenvalue weighted by atomic mass is 32.2. The smallest absolute Gasteiger partial charge is 0.275 e. The lowest BCUT2D eigenvalue weighted by Gasteiger charge is -2.26. The summed E-state index contributed by atoms with van der Waals surface area (Å²) >= 11 is 1.30. The molecule has 3 heterocycles. The van der Waals surface area contributed by atoms with Crippen molar-refractivity contribution >= 4 is 38.6 Å². The first kappa shape index (κ1) is 21.5. The number of sulfonamides is 1. The monoisotopic (exact) mass is 460 g/mol. The number of anilines is 2. The molecule has 164 valence electrons. The number of furan rings is 1. The van der Waals surface area contributed by atoms with Crippen LogP contribution in [-0.4, -0.2) is 50.8 Å². The summed E-state index contributed by atoms with van der Waals surface area (Å²) in [5.41, 5.74) is 1.36. The van der Waals surface area contributed by atoms with Crippen LogP contribution in [0.2, 0.25) is 0 Å². The number of thiazole rings is 1. The highest BCUT2D eigenvalue weighted by Gasteiger charge is 2.27. The van der Waals surface area contributed by atoms with Gasteiger partial charge in [0, 0.05) is 32.6 Å². The van der Waals surface area contributed by atoms with E-state index in [4.69, 9.17) is 4.42 Å². The third-order valence-electron chi connectivity index (χ3n) is 5.12. The second-order valence-corrected chi connectivity index (χ2v) is 10.3. The Balaban J connectivity index is 1.62. The van der Waals surface area contributed by atoms with Crippen molar-refractivity contribution in [1.82, 2.24) is 9.29 Å². The summed E-state index contributed by atoms with van der Waals surface area (Å²) in [6.07, 6.45) is 4.31. The maximum Gasteiger partial charge on any atom is 0.275 e. The van der Waals surface area contributed by atoms with Gasteiger partial charge in [0.05, 0.1) is 22.5 Å². The third-order valence-corrected chi connectivity index (χ3v) is 7.87. The molecule has 1 amide bonds. The Bertz CT molecular complexity index is 1160. The number of piperidine rings is 1. The highest BCUT2D eigenvalue weighted by Crippen LogP contribution is 2.31. The standard InChI is InChI=1S/C21H24N4O4S2/c1-24(2)18-9-8-15(31(27,28)25-10-4-3-5-11-25)13-16(18)22-20(26)17-14-30-21(23-17)19-7-6-12-29-19/h6-9,12-14H,3-5,10-11H2,1-2H3,(H,22,26). The van der Waals surface area contributed by atoms with Crippen LogP contribution in [0.3, 0.4) is 0 Å². The molecule has 4 rings (SSSR count). The van der Waals surface area contributed by atoms with Crippen molar-refractivity contribution in [2.75, 3.05) is 37.4 Å². The first-order valence-corrected chi connectivity index (χ1v) is 12.3. The zero-order valence-corrected chi connectivity index (χ0v) is 19.0. The molecule has 1 saturated heterocycles. The van der Waals surface area contributed by atoms with Gasteiger partial charge >= 0.3 is 0 Å². The molecule has 8 nitrogen and oxygen atoms in total. The zero-order valence-electron chi connectivity index (χ0n) is 17.4. The van der Waals surface area contributed by atoms with Gasteiger partial charge < -0.3 is 14.6 Å². The quantitative estimate of drug-likeness (QED) is 0.599. The molecule has 0 unspecified atom stereocenters. The Labute approximate surface area is 185 Å². The number of rotatable bonds is 6. The van der Waals surface area contributed by atoms with Crippen molar-refractivity contribution in [1.29, 1.82) is 0 Å². The van der Waals surface area contributed by atoms with Crippen LogP contribution < -0.4 is 10.2 Å². The normalized spacial score (nSPS) is 15.0. The predicted molar refractivity (Wildman–Crippen MR) is 121 cm³/mol. The highest BCUT2D eigenvalue weighted by molar-refractivity contribution is 7.89. The van der Waals surface area contributed by atoms with Crippen LogP contribution in [-0.2, 0) is 10.0 Å². The number of nitrogens with one attached hydrogen (secondary N) is 1. The lowest BCUT2D eigenvalue weighted by Crippen LogP contribution is -2.35. The molecular formula is C21H24N4O4S2. The van der Waals surface area contributed by atoms with E-state index in [1.807, 2.05) is 19.0 Å². The Kier molecular flexibility index (Phi) is 6.12. The first-order valence-electron chi connectivity index (χ1n) is 9.98. The van der Waals surface area contributed by atoms with Crippen molar-refractivity contribution in [2.45, 2.75) is 24.2 Å². The summed E-state index contributed by atoms with van der Waals surface area (Å²) in [6.45, 7) is 1.04. The third kappa shape index (κ3) is 4.51. The molecule has 0 saturated carbocycles. The Hall–Kier alpha value is -2.69. The average Bonchev–Trinajstić information content (AvgIpc) is 3.46.